The molecule has 0 radical (unpaired) electrons. The van der Waals surface area contributed by atoms with Gasteiger partial charge in [-0.25, -0.2) is 9.97 Å². The molecular weight excluding hydrogens is 407 g/mol. The van der Waals surface area contributed by atoms with E-state index < -0.39 is 17.3 Å². The Kier molecular flexibility index (Phi) is 5.70. The Hall–Kier alpha value is -2.94. The monoisotopic (exact) mass is 431 g/mol. The van der Waals surface area contributed by atoms with Gasteiger partial charge in [0.2, 0.25) is 5.95 Å². The van der Waals surface area contributed by atoms with Crippen LogP contribution in [-0.4, -0.2) is 39.1 Å². The van der Waals surface area contributed by atoms with E-state index >= 15 is 0 Å². The van der Waals surface area contributed by atoms with Crippen LogP contribution < -0.4 is 10.7 Å². The predicted molar refractivity (Wildman–Crippen MR) is 113 cm³/mol. The van der Waals surface area contributed by atoms with Crippen LogP contribution in [0.3, 0.4) is 0 Å². The second kappa shape index (κ2) is 8.30. The summed E-state index contributed by atoms with van der Waals surface area (Å²) in [6, 6.07) is 5.65. The number of fused-ring (bicyclic) bond motifs is 1. The fourth-order valence-corrected chi connectivity index (χ4v) is 4.24. The first-order valence-electron chi connectivity index (χ1n) is 10.2. The van der Waals surface area contributed by atoms with Crippen molar-refractivity contribution in [3.05, 3.63) is 63.7 Å². The van der Waals surface area contributed by atoms with Gasteiger partial charge in [-0.3, -0.25) is 9.69 Å². The van der Waals surface area contributed by atoms with Crippen molar-refractivity contribution in [2.45, 2.75) is 45.1 Å². The first-order valence-corrected chi connectivity index (χ1v) is 10.2. The molecule has 4 rings (SSSR count). The van der Waals surface area contributed by atoms with Crippen LogP contribution in [0.15, 0.2) is 41.5 Å². The van der Waals surface area contributed by atoms with E-state index in [1.807, 2.05) is 6.92 Å². The van der Waals surface area contributed by atoms with Crippen molar-refractivity contribution in [2.24, 2.45) is 0 Å². The van der Waals surface area contributed by atoms with E-state index in [0.29, 0.717) is 23.4 Å². The van der Waals surface area contributed by atoms with Gasteiger partial charge >= 0.3 is 6.18 Å². The number of rotatable bonds is 5. The Morgan fingerprint density at radius 2 is 1.94 bits per heavy atom. The normalized spacial score (nSPS) is 17.4. The van der Waals surface area contributed by atoms with Gasteiger partial charge in [0.15, 0.2) is 5.43 Å². The molecule has 3 heterocycles. The van der Waals surface area contributed by atoms with Crippen LogP contribution >= 0.6 is 0 Å². The summed E-state index contributed by atoms with van der Waals surface area (Å²) in [6.45, 7) is 3.33. The molecule has 1 aliphatic rings. The average Bonchev–Trinajstić information content (AvgIpc) is 3.16. The van der Waals surface area contributed by atoms with Crippen molar-refractivity contribution in [1.82, 2.24) is 19.4 Å². The number of nitrogens with zero attached hydrogens (tertiary/aromatic N) is 4. The summed E-state index contributed by atoms with van der Waals surface area (Å²) in [5.41, 5.74) is 0.555. The molecule has 0 amide bonds. The number of hydrogen-bond donors (Lipinski definition) is 1. The zero-order chi connectivity index (χ0) is 22.2. The lowest BCUT2D eigenvalue weighted by Gasteiger charge is -2.28. The highest BCUT2D eigenvalue weighted by Gasteiger charge is 2.36. The molecule has 2 aromatic heterocycles. The molecule has 0 saturated carbocycles. The van der Waals surface area contributed by atoms with Crippen LogP contribution in [-0.2, 0) is 19.3 Å². The lowest BCUT2D eigenvalue weighted by atomic mass is 10.1. The third kappa shape index (κ3) is 4.41. The standard InChI is InChI=1S/C22H24F3N5O/c1-14-5-6-18-17(8-14)19(31)9-20(22(23,24)25)30(18)13-16-4-3-7-29(16)12-15-10-27-21(26-2)28-11-15/h5-6,8-11,16H,3-4,7,12-13H2,1-2H3,(H,26,27,28)/t16-/m0/s1. The summed E-state index contributed by atoms with van der Waals surface area (Å²) in [5, 5.41) is 3.18. The Bertz CT molecular complexity index is 1140. The number of halogens is 3. The Balaban J connectivity index is 1.69. The smallest absolute Gasteiger partial charge is 0.357 e. The van der Waals surface area contributed by atoms with E-state index in [1.54, 1.807) is 37.6 Å². The van der Waals surface area contributed by atoms with Crippen LogP contribution in [0.4, 0.5) is 19.1 Å². The number of likely N-dealkylation sites (tertiary alicyclic amines) is 1. The number of aromatic nitrogens is 3. The molecule has 0 spiro atoms. The van der Waals surface area contributed by atoms with Gasteiger partial charge in [-0.1, -0.05) is 11.6 Å². The van der Waals surface area contributed by atoms with Gasteiger partial charge < -0.3 is 9.88 Å². The van der Waals surface area contributed by atoms with Gasteiger partial charge in [0.1, 0.15) is 5.69 Å². The third-order valence-corrected chi connectivity index (χ3v) is 5.76. The fraction of sp³-hybridized carbons (Fsp3) is 0.409. The highest BCUT2D eigenvalue weighted by atomic mass is 19.4. The third-order valence-electron chi connectivity index (χ3n) is 5.76. The molecule has 1 saturated heterocycles. The van der Waals surface area contributed by atoms with E-state index in [-0.39, 0.29) is 12.6 Å². The van der Waals surface area contributed by atoms with Gasteiger partial charge in [0.25, 0.3) is 0 Å². The summed E-state index contributed by atoms with van der Waals surface area (Å²) in [4.78, 5) is 23.0. The highest BCUT2D eigenvalue weighted by Crippen LogP contribution is 2.32. The second-order valence-corrected chi connectivity index (χ2v) is 7.95. The molecule has 0 unspecified atom stereocenters. The molecule has 1 fully saturated rings. The van der Waals surface area contributed by atoms with Crippen molar-refractivity contribution in [3.8, 4) is 0 Å². The van der Waals surface area contributed by atoms with Crippen LogP contribution in [0.2, 0.25) is 0 Å². The van der Waals surface area contributed by atoms with Crippen molar-refractivity contribution in [3.63, 3.8) is 0 Å². The first-order chi connectivity index (χ1) is 14.8. The quantitative estimate of drug-likeness (QED) is 0.665. The summed E-state index contributed by atoms with van der Waals surface area (Å²) in [5.74, 6) is 0.520. The minimum atomic E-state index is -4.61. The maximum Gasteiger partial charge on any atom is 0.431 e. The van der Waals surface area contributed by atoms with Gasteiger partial charge in [-0.15, -0.1) is 0 Å². The Morgan fingerprint density at radius 1 is 1.19 bits per heavy atom. The van der Waals surface area contributed by atoms with Crippen molar-refractivity contribution < 1.29 is 13.2 Å². The zero-order valence-corrected chi connectivity index (χ0v) is 17.4. The maximum absolute atomic E-state index is 13.8. The molecule has 1 N–H and O–H groups in total. The minimum absolute atomic E-state index is 0.0860. The minimum Gasteiger partial charge on any atom is -0.357 e. The largest absolute Gasteiger partial charge is 0.431 e. The lowest BCUT2D eigenvalue weighted by molar-refractivity contribution is -0.144. The van der Waals surface area contributed by atoms with E-state index in [1.165, 1.54) is 4.57 Å². The molecule has 164 valence electrons. The van der Waals surface area contributed by atoms with E-state index in [9.17, 15) is 18.0 Å². The number of hydrogen-bond acceptors (Lipinski definition) is 5. The predicted octanol–water partition coefficient (Wildman–Crippen LogP) is 3.83. The molecule has 1 aliphatic heterocycles. The van der Waals surface area contributed by atoms with Crippen LogP contribution in [0, 0.1) is 6.92 Å². The van der Waals surface area contributed by atoms with Crippen molar-refractivity contribution in [2.75, 3.05) is 18.9 Å². The summed E-state index contributed by atoms with van der Waals surface area (Å²) in [6.07, 6.45) is 0.531. The molecule has 3 aromatic rings. The molecule has 1 atom stereocenters. The maximum atomic E-state index is 13.8. The molecule has 1 aromatic carbocycles. The molecule has 0 aliphatic carbocycles. The molecule has 31 heavy (non-hydrogen) atoms. The van der Waals surface area contributed by atoms with E-state index in [4.69, 9.17) is 0 Å². The SMILES string of the molecule is CNc1ncc(CN2CCC[C@H]2Cn2c(C(F)(F)F)cc(=O)c3cc(C)ccc32)cn1. The van der Waals surface area contributed by atoms with Crippen LogP contribution in [0.5, 0.6) is 0 Å². The fourth-order valence-electron chi connectivity index (χ4n) is 4.24. The average molecular weight is 431 g/mol. The summed E-state index contributed by atoms with van der Waals surface area (Å²) in [7, 11) is 1.74. The van der Waals surface area contributed by atoms with Crippen LogP contribution in [0.1, 0.15) is 29.7 Å². The van der Waals surface area contributed by atoms with Crippen molar-refractivity contribution >= 4 is 16.9 Å². The Morgan fingerprint density at radius 3 is 2.61 bits per heavy atom. The van der Waals surface area contributed by atoms with Crippen LogP contribution in [0.25, 0.3) is 10.9 Å². The molecule has 9 heteroatoms. The zero-order valence-electron chi connectivity index (χ0n) is 17.4. The van der Waals surface area contributed by atoms with Crippen molar-refractivity contribution in [1.29, 1.82) is 0 Å². The number of alkyl halides is 3. The summed E-state index contributed by atoms with van der Waals surface area (Å²) < 4.78 is 42.8. The van der Waals surface area contributed by atoms with Gasteiger partial charge in [0, 0.05) is 55.6 Å². The summed E-state index contributed by atoms with van der Waals surface area (Å²) >= 11 is 0. The number of benzene rings is 1. The Labute approximate surface area is 177 Å². The van der Waals surface area contributed by atoms with Gasteiger partial charge in [-0.05, 0) is 38.4 Å². The topological polar surface area (TPSA) is 63.1 Å². The van der Waals surface area contributed by atoms with E-state index in [2.05, 4.69) is 20.2 Å². The van der Waals surface area contributed by atoms with E-state index in [0.717, 1.165) is 36.6 Å². The molecular formula is C22H24F3N5O. The second-order valence-electron chi connectivity index (χ2n) is 7.95. The number of nitrogens with one attached hydrogen (secondary N) is 1. The number of anilines is 1. The number of pyridine rings is 1. The van der Waals surface area contributed by atoms with Gasteiger partial charge in [0.05, 0.1) is 5.52 Å². The lowest BCUT2D eigenvalue weighted by Crippen LogP contribution is -2.35. The molecule has 6 nitrogen and oxygen atoms in total. The molecule has 0 bridgehead atoms. The van der Waals surface area contributed by atoms with Gasteiger partial charge in [-0.2, -0.15) is 13.2 Å². The number of aryl methyl sites for hydroxylation is 1. The highest BCUT2D eigenvalue weighted by molar-refractivity contribution is 5.80. The first kappa shape index (κ1) is 21.3.